The number of para-hydroxylation sites is 1. The summed E-state index contributed by atoms with van der Waals surface area (Å²) in [5, 5.41) is 12.1. The molecule has 0 aliphatic carbocycles. The van der Waals surface area contributed by atoms with Crippen LogP contribution in [0.25, 0.3) is 0 Å². The third-order valence-corrected chi connectivity index (χ3v) is 1.95. The van der Waals surface area contributed by atoms with Gasteiger partial charge in [-0.1, -0.05) is 24.2 Å². The molecular formula is C11H15NO2. The van der Waals surface area contributed by atoms with E-state index in [0.29, 0.717) is 18.7 Å². The summed E-state index contributed by atoms with van der Waals surface area (Å²) in [6.07, 6.45) is 0.681. The zero-order valence-corrected chi connectivity index (χ0v) is 8.53. The van der Waals surface area contributed by atoms with Crippen molar-refractivity contribution in [2.24, 2.45) is 5.16 Å². The Morgan fingerprint density at radius 1 is 1.36 bits per heavy atom. The van der Waals surface area contributed by atoms with Crippen LogP contribution >= 0.6 is 0 Å². The SMILES string of the molecule is CCOc1ccccc1/C(CC)=N/O. The van der Waals surface area contributed by atoms with E-state index in [9.17, 15) is 0 Å². The summed E-state index contributed by atoms with van der Waals surface area (Å²) in [4.78, 5) is 0. The van der Waals surface area contributed by atoms with Gasteiger partial charge in [-0.05, 0) is 25.5 Å². The van der Waals surface area contributed by atoms with Gasteiger partial charge in [0.05, 0.1) is 12.3 Å². The first-order valence-electron chi connectivity index (χ1n) is 4.76. The molecule has 0 aromatic heterocycles. The second-order valence-electron chi connectivity index (χ2n) is 2.83. The lowest BCUT2D eigenvalue weighted by atomic mass is 10.1. The summed E-state index contributed by atoms with van der Waals surface area (Å²) < 4.78 is 5.43. The Morgan fingerprint density at radius 3 is 2.64 bits per heavy atom. The summed E-state index contributed by atoms with van der Waals surface area (Å²) in [5.41, 5.74) is 1.51. The lowest BCUT2D eigenvalue weighted by molar-refractivity contribution is 0.316. The van der Waals surface area contributed by atoms with E-state index in [0.717, 1.165) is 11.3 Å². The Morgan fingerprint density at radius 2 is 2.07 bits per heavy atom. The van der Waals surface area contributed by atoms with Crippen LogP contribution in [0.3, 0.4) is 0 Å². The van der Waals surface area contributed by atoms with Crippen LogP contribution in [0.1, 0.15) is 25.8 Å². The molecule has 14 heavy (non-hydrogen) atoms. The van der Waals surface area contributed by atoms with Crippen LogP contribution in [0, 0.1) is 0 Å². The minimum Gasteiger partial charge on any atom is -0.493 e. The quantitative estimate of drug-likeness (QED) is 0.454. The summed E-state index contributed by atoms with van der Waals surface area (Å²) >= 11 is 0. The molecule has 0 unspecified atom stereocenters. The molecule has 0 saturated heterocycles. The molecule has 0 amide bonds. The molecule has 0 fully saturated rings. The van der Waals surface area contributed by atoms with E-state index in [-0.39, 0.29) is 0 Å². The van der Waals surface area contributed by atoms with Crippen molar-refractivity contribution >= 4 is 5.71 Å². The highest BCUT2D eigenvalue weighted by atomic mass is 16.5. The fraction of sp³-hybridized carbons (Fsp3) is 0.364. The lowest BCUT2D eigenvalue weighted by Crippen LogP contribution is -2.03. The summed E-state index contributed by atoms with van der Waals surface area (Å²) in [6.45, 7) is 4.48. The van der Waals surface area contributed by atoms with Crippen molar-refractivity contribution in [2.45, 2.75) is 20.3 Å². The van der Waals surface area contributed by atoms with Crippen molar-refractivity contribution in [3.63, 3.8) is 0 Å². The molecule has 0 aliphatic heterocycles. The lowest BCUT2D eigenvalue weighted by Gasteiger charge is -2.09. The fourth-order valence-corrected chi connectivity index (χ4v) is 1.30. The molecule has 1 N–H and O–H groups in total. The third kappa shape index (κ3) is 2.25. The summed E-state index contributed by atoms with van der Waals surface area (Å²) in [7, 11) is 0. The number of hydrogen-bond acceptors (Lipinski definition) is 3. The van der Waals surface area contributed by atoms with Crippen LogP contribution in [-0.2, 0) is 0 Å². The van der Waals surface area contributed by atoms with Gasteiger partial charge in [-0.3, -0.25) is 0 Å². The van der Waals surface area contributed by atoms with Crippen LogP contribution in [0.15, 0.2) is 29.4 Å². The fourth-order valence-electron chi connectivity index (χ4n) is 1.30. The summed E-state index contributed by atoms with van der Waals surface area (Å²) in [5.74, 6) is 0.768. The monoisotopic (exact) mass is 193 g/mol. The molecule has 0 radical (unpaired) electrons. The highest BCUT2D eigenvalue weighted by Crippen LogP contribution is 2.19. The largest absolute Gasteiger partial charge is 0.493 e. The second kappa shape index (κ2) is 5.27. The first-order chi connectivity index (χ1) is 6.83. The van der Waals surface area contributed by atoms with Gasteiger partial charge in [0.15, 0.2) is 0 Å². The number of oxime groups is 1. The minimum absolute atomic E-state index is 0.611. The second-order valence-corrected chi connectivity index (χ2v) is 2.83. The van der Waals surface area contributed by atoms with Gasteiger partial charge in [0.2, 0.25) is 0 Å². The molecule has 1 rings (SSSR count). The zero-order chi connectivity index (χ0) is 10.4. The Labute approximate surface area is 84.0 Å². The Bertz CT molecular complexity index is 321. The zero-order valence-electron chi connectivity index (χ0n) is 8.53. The van der Waals surface area contributed by atoms with Gasteiger partial charge >= 0.3 is 0 Å². The van der Waals surface area contributed by atoms with E-state index in [4.69, 9.17) is 9.94 Å². The van der Waals surface area contributed by atoms with E-state index in [1.54, 1.807) is 0 Å². The third-order valence-electron chi connectivity index (χ3n) is 1.95. The number of hydrogen-bond donors (Lipinski definition) is 1. The van der Waals surface area contributed by atoms with Crippen LogP contribution in [0.5, 0.6) is 5.75 Å². The van der Waals surface area contributed by atoms with Crippen LogP contribution in [-0.4, -0.2) is 17.5 Å². The van der Waals surface area contributed by atoms with Crippen molar-refractivity contribution in [1.82, 2.24) is 0 Å². The van der Waals surface area contributed by atoms with Gasteiger partial charge in [0.25, 0.3) is 0 Å². The molecule has 0 heterocycles. The molecule has 0 bridgehead atoms. The maximum atomic E-state index is 8.80. The number of benzene rings is 1. The van der Waals surface area contributed by atoms with Crippen molar-refractivity contribution in [1.29, 1.82) is 0 Å². The van der Waals surface area contributed by atoms with Crippen molar-refractivity contribution in [3.8, 4) is 5.75 Å². The number of nitrogens with zero attached hydrogens (tertiary/aromatic N) is 1. The Balaban J connectivity index is 3.05. The van der Waals surface area contributed by atoms with Crippen molar-refractivity contribution in [2.75, 3.05) is 6.61 Å². The minimum atomic E-state index is 0.611. The van der Waals surface area contributed by atoms with E-state index >= 15 is 0 Å². The Kier molecular flexibility index (Phi) is 3.98. The van der Waals surface area contributed by atoms with Crippen molar-refractivity contribution < 1.29 is 9.94 Å². The van der Waals surface area contributed by atoms with Gasteiger partial charge in [-0.25, -0.2) is 0 Å². The van der Waals surface area contributed by atoms with Gasteiger partial charge in [0, 0.05) is 5.56 Å². The highest BCUT2D eigenvalue weighted by Gasteiger charge is 2.07. The first-order valence-corrected chi connectivity index (χ1v) is 4.76. The topological polar surface area (TPSA) is 41.8 Å². The highest BCUT2D eigenvalue weighted by molar-refractivity contribution is 6.02. The average molecular weight is 193 g/mol. The van der Waals surface area contributed by atoms with E-state index in [1.165, 1.54) is 0 Å². The predicted molar refractivity (Wildman–Crippen MR) is 56.2 cm³/mol. The maximum absolute atomic E-state index is 8.80. The van der Waals surface area contributed by atoms with Crippen LogP contribution in [0.4, 0.5) is 0 Å². The van der Waals surface area contributed by atoms with Gasteiger partial charge < -0.3 is 9.94 Å². The molecule has 0 spiro atoms. The molecule has 0 saturated carbocycles. The Hall–Kier alpha value is -1.51. The molecule has 0 aliphatic rings. The van der Waals surface area contributed by atoms with E-state index in [1.807, 2.05) is 38.1 Å². The van der Waals surface area contributed by atoms with Crippen LogP contribution < -0.4 is 4.74 Å². The molecule has 1 aromatic rings. The van der Waals surface area contributed by atoms with Gasteiger partial charge in [0.1, 0.15) is 5.75 Å². The molecule has 3 heteroatoms. The normalized spacial score (nSPS) is 11.4. The molecule has 0 atom stereocenters. The molecule has 1 aromatic carbocycles. The molecule has 76 valence electrons. The van der Waals surface area contributed by atoms with Crippen molar-refractivity contribution in [3.05, 3.63) is 29.8 Å². The maximum Gasteiger partial charge on any atom is 0.128 e. The van der Waals surface area contributed by atoms with Gasteiger partial charge in [-0.2, -0.15) is 0 Å². The molecule has 3 nitrogen and oxygen atoms in total. The van der Waals surface area contributed by atoms with Gasteiger partial charge in [-0.15, -0.1) is 0 Å². The smallest absolute Gasteiger partial charge is 0.128 e. The van der Waals surface area contributed by atoms with E-state index in [2.05, 4.69) is 5.16 Å². The predicted octanol–water partition coefficient (Wildman–Crippen LogP) is 2.67. The molecular weight excluding hydrogens is 178 g/mol. The van der Waals surface area contributed by atoms with Crippen LogP contribution in [0.2, 0.25) is 0 Å². The number of rotatable bonds is 4. The average Bonchev–Trinajstić information content (AvgIpc) is 2.23. The summed E-state index contributed by atoms with van der Waals surface area (Å²) in [6, 6.07) is 7.57. The first kappa shape index (κ1) is 10.6. The standard InChI is InChI=1S/C11H15NO2/c1-3-10(12-13)9-7-5-6-8-11(9)14-4-2/h5-8,13H,3-4H2,1-2H3/b12-10+. The number of ether oxygens (including phenoxy) is 1. The van der Waals surface area contributed by atoms with E-state index < -0.39 is 0 Å².